The van der Waals surface area contributed by atoms with Crippen LogP contribution in [-0.2, 0) is 4.79 Å². The average molecular weight is 260 g/mol. The highest BCUT2D eigenvalue weighted by Crippen LogP contribution is 2.27. The molecule has 104 valence electrons. The maximum atomic E-state index is 12.5. The molecule has 0 aliphatic carbocycles. The highest BCUT2D eigenvalue weighted by molar-refractivity contribution is 5.83. The van der Waals surface area contributed by atoms with Crippen LogP contribution >= 0.6 is 0 Å². The molecule has 2 unspecified atom stereocenters. The lowest BCUT2D eigenvalue weighted by Gasteiger charge is -2.26. The topological polar surface area (TPSA) is 41.1 Å². The first-order chi connectivity index (χ1) is 9.15. The van der Waals surface area contributed by atoms with Crippen molar-refractivity contribution < 1.29 is 4.79 Å². The number of amides is 1. The number of carbonyl (C=O) groups excluding carboxylic acids is 1. The Balaban J connectivity index is 2.06. The van der Waals surface area contributed by atoms with Crippen LogP contribution in [0.4, 0.5) is 0 Å². The molecule has 0 aromatic heterocycles. The van der Waals surface area contributed by atoms with Crippen LogP contribution in [0.2, 0.25) is 0 Å². The zero-order valence-electron chi connectivity index (χ0n) is 11.9. The molecule has 1 aromatic carbocycles. The van der Waals surface area contributed by atoms with E-state index < -0.39 is 0 Å². The zero-order valence-corrected chi connectivity index (χ0v) is 11.9. The second kappa shape index (κ2) is 6.20. The van der Waals surface area contributed by atoms with Gasteiger partial charge in [-0.2, -0.15) is 0 Å². The molecule has 0 spiro atoms. The summed E-state index contributed by atoms with van der Waals surface area (Å²) in [6.07, 6.45) is 2.97. The van der Waals surface area contributed by atoms with Gasteiger partial charge in [-0.1, -0.05) is 43.7 Å². The van der Waals surface area contributed by atoms with Crippen molar-refractivity contribution in [2.24, 2.45) is 5.41 Å². The third-order valence-electron chi connectivity index (χ3n) is 4.00. The van der Waals surface area contributed by atoms with Gasteiger partial charge in [-0.3, -0.25) is 4.79 Å². The molecule has 0 radical (unpaired) electrons. The lowest BCUT2D eigenvalue weighted by Crippen LogP contribution is -2.42. The molecule has 3 heteroatoms. The molecule has 19 heavy (non-hydrogen) atoms. The molecule has 1 fully saturated rings. The number of hydrogen-bond acceptors (Lipinski definition) is 2. The van der Waals surface area contributed by atoms with Gasteiger partial charge in [-0.05, 0) is 31.9 Å². The van der Waals surface area contributed by atoms with Gasteiger partial charge >= 0.3 is 0 Å². The zero-order chi connectivity index (χ0) is 13.7. The van der Waals surface area contributed by atoms with E-state index >= 15 is 0 Å². The molecular formula is C16H24N2O. The largest absolute Gasteiger partial charge is 0.349 e. The smallest absolute Gasteiger partial charge is 0.227 e. The average Bonchev–Trinajstić information content (AvgIpc) is 2.87. The van der Waals surface area contributed by atoms with Crippen LogP contribution in [0.1, 0.15) is 44.7 Å². The summed E-state index contributed by atoms with van der Waals surface area (Å²) in [6, 6.07) is 10.4. The normalized spacial score (nSPS) is 24.1. The van der Waals surface area contributed by atoms with Gasteiger partial charge in [-0.25, -0.2) is 0 Å². The van der Waals surface area contributed by atoms with Gasteiger partial charge in [0.2, 0.25) is 5.91 Å². The Kier molecular flexibility index (Phi) is 4.59. The maximum absolute atomic E-state index is 12.5. The minimum absolute atomic E-state index is 0.135. The lowest BCUT2D eigenvalue weighted by atomic mass is 9.88. The van der Waals surface area contributed by atoms with E-state index in [1.165, 1.54) is 5.56 Å². The van der Waals surface area contributed by atoms with Gasteiger partial charge in [0.25, 0.3) is 0 Å². The van der Waals surface area contributed by atoms with Gasteiger partial charge in [-0.15, -0.1) is 0 Å². The van der Waals surface area contributed by atoms with E-state index in [-0.39, 0.29) is 17.4 Å². The molecule has 1 heterocycles. The van der Waals surface area contributed by atoms with Crippen molar-refractivity contribution in [1.82, 2.24) is 10.6 Å². The third kappa shape index (κ3) is 3.35. The summed E-state index contributed by atoms with van der Waals surface area (Å²) in [5, 5.41) is 6.52. The Morgan fingerprint density at radius 1 is 1.42 bits per heavy atom. The fourth-order valence-electron chi connectivity index (χ4n) is 2.64. The predicted molar refractivity (Wildman–Crippen MR) is 77.8 cm³/mol. The van der Waals surface area contributed by atoms with E-state index in [1.807, 2.05) is 18.2 Å². The minimum Gasteiger partial charge on any atom is -0.349 e. The predicted octanol–water partition coefficient (Wildman–Crippen LogP) is 2.64. The third-order valence-corrected chi connectivity index (χ3v) is 4.00. The van der Waals surface area contributed by atoms with Crippen molar-refractivity contribution in [3.05, 3.63) is 35.9 Å². The van der Waals surface area contributed by atoms with Crippen LogP contribution in [-0.4, -0.2) is 19.0 Å². The first-order valence-electron chi connectivity index (χ1n) is 7.22. The second-order valence-corrected chi connectivity index (χ2v) is 5.71. The Labute approximate surface area is 115 Å². The summed E-state index contributed by atoms with van der Waals surface area (Å²) in [5.41, 5.74) is 0.952. The first-order valence-corrected chi connectivity index (χ1v) is 7.22. The van der Waals surface area contributed by atoms with Crippen LogP contribution in [0.3, 0.4) is 0 Å². The first kappa shape index (κ1) is 14.1. The quantitative estimate of drug-likeness (QED) is 0.854. The number of rotatable bonds is 5. The van der Waals surface area contributed by atoms with Crippen LogP contribution < -0.4 is 10.6 Å². The second-order valence-electron chi connectivity index (χ2n) is 5.71. The molecule has 2 atom stereocenters. The van der Waals surface area contributed by atoms with E-state index in [0.29, 0.717) is 0 Å². The number of hydrogen-bond donors (Lipinski definition) is 2. The van der Waals surface area contributed by atoms with E-state index in [1.54, 1.807) is 0 Å². The summed E-state index contributed by atoms with van der Waals surface area (Å²) >= 11 is 0. The van der Waals surface area contributed by atoms with Crippen molar-refractivity contribution in [2.45, 2.75) is 39.2 Å². The van der Waals surface area contributed by atoms with E-state index in [4.69, 9.17) is 0 Å². The van der Waals surface area contributed by atoms with Crippen molar-refractivity contribution >= 4 is 5.91 Å². The van der Waals surface area contributed by atoms with Gasteiger partial charge in [0.05, 0.1) is 11.5 Å². The van der Waals surface area contributed by atoms with Gasteiger partial charge < -0.3 is 10.6 Å². The van der Waals surface area contributed by atoms with Crippen LogP contribution in [0.25, 0.3) is 0 Å². The standard InChI is InChI=1S/C16H24N2O/c1-3-7-14(13-8-5-4-6-9-13)18-15(19)16(2)10-11-17-12-16/h4-6,8-9,14,17H,3,7,10-12H2,1-2H3,(H,18,19). The Hall–Kier alpha value is -1.35. The molecule has 1 saturated heterocycles. The Morgan fingerprint density at radius 3 is 2.74 bits per heavy atom. The van der Waals surface area contributed by atoms with E-state index in [9.17, 15) is 4.79 Å². The Bertz CT molecular complexity index is 410. The van der Waals surface area contributed by atoms with Gasteiger partial charge in [0.1, 0.15) is 0 Å². The number of carbonyl (C=O) groups is 1. The summed E-state index contributed by atoms with van der Waals surface area (Å²) in [5.74, 6) is 0.180. The number of nitrogens with one attached hydrogen (secondary N) is 2. The molecule has 1 amide bonds. The molecule has 0 bridgehead atoms. The van der Waals surface area contributed by atoms with Crippen LogP contribution in [0.5, 0.6) is 0 Å². The monoisotopic (exact) mass is 260 g/mol. The lowest BCUT2D eigenvalue weighted by molar-refractivity contribution is -0.130. The van der Waals surface area contributed by atoms with Crippen LogP contribution in [0, 0.1) is 5.41 Å². The highest BCUT2D eigenvalue weighted by Gasteiger charge is 2.37. The van der Waals surface area contributed by atoms with Crippen molar-refractivity contribution in [3.63, 3.8) is 0 Å². The van der Waals surface area contributed by atoms with Crippen molar-refractivity contribution in [1.29, 1.82) is 0 Å². The van der Waals surface area contributed by atoms with Gasteiger partial charge in [0.15, 0.2) is 0 Å². The number of benzene rings is 1. The van der Waals surface area contributed by atoms with E-state index in [2.05, 4.69) is 36.6 Å². The highest BCUT2D eigenvalue weighted by atomic mass is 16.2. The summed E-state index contributed by atoms with van der Waals surface area (Å²) < 4.78 is 0. The SMILES string of the molecule is CCCC(NC(=O)C1(C)CCNC1)c1ccccc1. The molecule has 0 saturated carbocycles. The summed E-state index contributed by atoms with van der Waals surface area (Å²) in [4.78, 5) is 12.5. The van der Waals surface area contributed by atoms with Crippen LogP contribution in [0.15, 0.2) is 30.3 Å². The fourth-order valence-corrected chi connectivity index (χ4v) is 2.64. The van der Waals surface area contributed by atoms with Crippen molar-refractivity contribution in [3.8, 4) is 0 Å². The molecule has 1 aromatic rings. The molecule has 1 aliphatic heterocycles. The minimum atomic E-state index is -0.249. The fraction of sp³-hybridized carbons (Fsp3) is 0.562. The summed E-state index contributed by atoms with van der Waals surface area (Å²) in [6.45, 7) is 5.93. The van der Waals surface area contributed by atoms with Crippen molar-refractivity contribution in [2.75, 3.05) is 13.1 Å². The Morgan fingerprint density at radius 2 is 2.16 bits per heavy atom. The molecule has 2 rings (SSSR count). The van der Waals surface area contributed by atoms with E-state index in [0.717, 1.165) is 32.4 Å². The van der Waals surface area contributed by atoms with Gasteiger partial charge in [0, 0.05) is 6.54 Å². The molecule has 2 N–H and O–H groups in total. The molecular weight excluding hydrogens is 236 g/mol. The summed E-state index contributed by atoms with van der Waals surface area (Å²) in [7, 11) is 0. The molecule has 1 aliphatic rings. The molecule has 3 nitrogen and oxygen atoms in total. The maximum Gasteiger partial charge on any atom is 0.227 e.